The van der Waals surface area contributed by atoms with Crippen molar-refractivity contribution in [3.8, 4) is 21.9 Å². The SMILES string of the molecule is Nc1nc(C(=O)N(CCNC(=O)c2cccc3c2OCCO3)CC2CC2)c(-c2cccc(F)c2)s1. The van der Waals surface area contributed by atoms with E-state index in [0.29, 0.717) is 59.7 Å². The highest BCUT2D eigenvalue weighted by Crippen LogP contribution is 2.35. The number of aromatic nitrogens is 1. The van der Waals surface area contributed by atoms with Crippen molar-refractivity contribution < 1.29 is 23.5 Å². The normalized spacial score (nSPS) is 14.4. The van der Waals surface area contributed by atoms with Gasteiger partial charge in [0.1, 0.15) is 24.7 Å². The molecule has 3 N–H and O–H groups in total. The van der Waals surface area contributed by atoms with E-state index in [1.54, 1.807) is 35.2 Å². The molecule has 0 saturated heterocycles. The fourth-order valence-corrected chi connectivity index (χ4v) is 4.82. The number of amides is 2. The molecule has 1 saturated carbocycles. The number of hydrogen-bond acceptors (Lipinski definition) is 7. The van der Waals surface area contributed by atoms with Gasteiger partial charge in [-0.25, -0.2) is 9.37 Å². The first-order valence-electron chi connectivity index (χ1n) is 11.5. The van der Waals surface area contributed by atoms with Gasteiger partial charge in [-0.1, -0.05) is 29.5 Å². The van der Waals surface area contributed by atoms with E-state index in [4.69, 9.17) is 15.2 Å². The summed E-state index contributed by atoms with van der Waals surface area (Å²) < 4.78 is 25.0. The van der Waals surface area contributed by atoms with E-state index in [-0.39, 0.29) is 29.2 Å². The third-order valence-corrected chi connectivity index (χ3v) is 6.81. The number of nitrogens with zero attached hydrogens (tertiary/aromatic N) is 2. The minimum absolute atomic E-state index is 0.202. The molecule has 2 amide bonds. The monoisotopic (exact) mass is 496 g/mol. The number of rotatable bonds is 8. The first-order valence-corrected chi connectivity index (χ1v) is 12.3. The molecule has 0 unspecified atom stereocenters. The predicted molar refractivity (Wildman–Crippen MR) is 130 cm³/mol. The van der Waals surface area contributed by atoms with Crippen LogP contribution >= 0.6 is 11.3 Å². The van der Waals surface area contributed by atoms with Crippen molar-refractivity contribution in [2.45, 2.75) is 12.8 Å². The van der Waals surface area contributed by atoms with Gasteiger partial charge in [0, 0.05) is 19.6 Å². The molecule has 10 heteroatoms. The van der Waals surface area contributed by atoms with Crippen molar-refractivity contribution >= 4 is 28.3 Å². The van der Waals surface area contributed by atoms with Gasteiger partial charge >= 0.3 is 0 Å². The van der Waals surface area contributed by atoms with Crippen LogP contribution in [-0.4, -0.2) is 54.5 Å². The van der Waals surface area contributed by atoms with E-state index in [9.17, 15) is 14.0 Å². The summed E-state index contributed by atoms with van der Waals surface area (Å²) in [7, 11) is 0. The number of fused-ring (bicyclic) bond motifs is 1. The summed E-state index contributed by atoms with van der Waals surface area (Å²) in [5.41, 5.74) is 7.08. The molecule has 1 aromatic heterocycles. The number of hydrogen-bond donors (Lipinski definition) is 2. The Kier molecular flexibility index (Phi) is 6.54. The summed E-state index contributed by atoms with van der Waals surface area (Å²) in [4.78, 5) is 32.8. The largest absolute Gasteiger partial charge is 0.486 e. The molecule has 5 rings (SSSR count). The fraction of sp³-hybridized carbons (Fsp3) is 0.320. The van der Waals surface area contributed by atoms with E-state index in [1.807, 2.05) is 0 Å². The lowest BCUT2D eigenvalue weighted by atomic mass is 10.1. The molecule has 2 aliphatic rings. The van der Waals surface area contributed by atoms with Crippen LogP contribution in [0, 0.1) is 11.7 Å². The second-order valence-electron chi connectivity index (χ2n) is 8.52. The Morgan fingerprint density at radius 1 is 1.17 bits per heavy atom. The number of carbonyl (C=O) groups is 2. The second kappa shape index (κ2) is 9.91. The molecule has 2 aromatic carbocycles. The third kappa shape index (κ3) is 5.22. The first kappa shape index (κ1) is 23.1. The summed E-state index contributed by atoms with van der Waals surface area (Å²) in [5.74, 6) is 0.412. The van der Waals surface area contributed by atoms with Gasteiger partial charge < -0.3 is 25.4 Å². The highest BCUT2D eigenvalue weighted by molar-refractivity contribution is 7.19. The van der Waals surface area contributed by atoms with E-state index in [0.717, 1.165) is 24.2 Å². The van der Waals surface area contributed by atoms with Crippen molar-refractivity contribution in [2.24, 2.45) is 5.92 Å². The Morgan fingerprint density at radius 2 is 1.97 bits per heavy atom. The van der Waals surface area contributed by atoms with Gasteiger partial charge in [-0.05, 0) is 48.6 Å². The van der Waals surface area contributed by atoms with Gasteiger partial charge in [0.05, 0.1) is 10.4 Å². The molecule has 0 radical (unpaired) electrons. The standard InChI is InChI=1S/C25H25FN4O4S/c26-17-4-1-3-16(13-17)22-20(29-25(27)35-22)24(32)30(14-15-7-8-15)10-9-28-23(31)18-5-2-6-19-21(18)34-12-11-33-19/h1-6,13,15H,7-12,14H2,(H2,27,29)(H,28,31). The minimum Gasteiger partial charge on any atom is -0.486 e. The van der Waals surface area contributed by atoms with Crippen molar-refractivity contribution in [2.75, 3.05) is 38.6 Å². The zero-order valence-electron chi connectivity index (χ0n) is 19.0. The van der Waals surface area contributed by atoms with E-state index in [2.05, 4.69) is 10.3 Å². The lowest BCUT2D eigenvalue weighted by molar-refractivity contribution is 0.0736. The first-order chi connectivity index (χ1) is 17.0. The Bertz CT molecular complexity index is 1260. The number of carbonyl (C=O) groups excluding carboxylic acids is 2. The van der Waals surface area contributed by atoms with Gasteiger partial charge in [0.15, 0.2) is 16.6 Å². The topological polar surface area (TPSA) is 107 Å². The highest BCUT2D eigenvalue weighted by Gasteiger charge is 2.30. The maximum atomic E-state index is 13.8. The molecular formula is C25H25FN4O4S. The van der Waals surface area contributed by atoms with Crippen molar-refractivity contribution in [3.05, 3.63) is 59.5 Å². The Hall–Kier alpha value is -3.66. The number of anilines is 1. The number of nitrogen functional groups attached to an aromatic ring is 1. The average molecular weight is 497 g/mol. The minimum atomic E-state index is -0.400. The van der Waals surface area contributed by atoms with Crippen LogP contribution in [0.3, 0.4) is 0 Å². The summed E-state index contributed by atoms with van der Waals surface area (Å²) in [6.45, 7) is 1.93. The molecule has 1 aliphatic heterocycles. The lowest BCUT2D eigenvalue weighted by Crippen LogP contribution is -2.40. The number of thiazole rings is 1. The van der Waals surface area contributed by atoms with Gasteiger partial charge in [-0.2, -0.15) is 0 Å². The van der Waals surface area contributed by atoms with Gasteiger partial charge in [0.25, 0.3) is 11.8 Å². The summed E-state index contributed by atoms with van der Waals surface area (Å²) in [6, 6.07) is 11.2. The lowest BCUT2D eigenvalue weighted by Gasteiger charge is -2.23. The molecule has 0 atom stereocenters. The zero-order valence-corrected chi connectivity index (χ0v) is 19.8. The highest BCUT2D eigenvalue weighted by atomic mass is 32.1. The van der Waals surface area contributed by atoms with E-state index < -0.39 is 5.82 Å². The fourth-order valence-electron chi connectivity index (χ4n) is 4.00. The molecule has 182 valence electrons. The zero-order chi connectivity index (χ0) is 24.4. The van der Waals surface area contributed by atoms with Gasteiger partial charge in [-0.15, -0.1) is 0 Å². The van der Waals surface area contributed by atoms with Crippen LogP contribution in [0.4, 0.5) is 9.52 Å². The molecule has 1 fully saturated rings. The second-order valence-corrected chi connectivity index (χ2v) is 9.55. The maximum absolute atomic E-state index is 13.8. The van der Waals surface area contributed by atoms with E-state index in [1.165, 1.54) is 12.1 Å². The van der Waals surface area contributed by atoms with Crippen molar-refractivity contribution in [3.63, 3.8) is 0 Å². The number of nitrogens with one attached hydrogen (secondary N) is 1. The van der Waals surface area contributed by atoms with Crippen LogP contribution in [0.15, 0.2) is 42.5 Å². The third-order valence-electron chi connectivity index (χ3n) is 5.87. The Labute approximate surface area is 205 Å². The smallest absolute Gasteiger partial charge is 0.274 e. The summed E-state index contributed by atoms with van der Waals surface area (Å²) in [5, 5.41) is 3.12. The number of halogens is 1. The van der Waals surface area contributed by atoms with Crippen molar-refractivity contribution in [1.29, 1.82) is 0 Å². The molecule has 8 nitrogen and oxygen atoms in total. The van der Waals surface area contributed by atoms with Crippen LogP contribution in [0.2, 0.25) is 0 Å². The van der Waals surface area contributed by atoms with Crippen LogP contribution in [0.25, 0.3) is 10.4 Å². The summed E-state index contributed by atoms with van der Waals surface area (Å²) >= 11 is 1.15. The average Bonchev–Trinajstić information content (AvgIpc) is 3.60. The number of para-hydroxylation sites is 1. The number of nitrogens with two attached hydrogens (primary N) is 1. The van der Waals surface area contributed by atoms with Crippen LogP contribution in [0.1, 0.15) is 33.7 Å². The molecule has 35 heavy (non-hydrogen) atoms. The van der Waals surface area contributed by atoms with Gasteiger partial charge in [0.2, 0.25) is 0 Å². The molecule has 1 aliphatic carbocycles. The van der Waals surface area contributed by atoms with Crippen LogP contribution < -0.4 is 20.5 Å². The number of benzene rings is 2. The molecule has 0 spiro atoms. The van der Waals surface area contributed by atoms with Crippen LogP contribution in [0.5, 0.6) is 11.5 Å². The predicted octanol–water partition coefficient (Wildman–Crippen LogP) is 3.58. The van der Waals surface area contributed by atoms with Gasteiger partial charge in [-0.3, -0.25) is 9.59 Å². The molecular weight excluding hydrogens is 471 g/mol. The summed E-state index contributed by atoms with van der Waals surface area (Å²) in [6.07, 6.45) is 2.11. The van der Waals surface area contributed by atoms with Crippen molar-refractivity contribution in [1.82, 2.24) is 15.2 Å². The Morgan fingerprint density at radius 3 is 2.77 bits per heavy atom. The molecule has 3 aromatic rings. The van der Waals surface area contributed by atoms with E-state index >= 15 is 0 Å². The van der Waals surface area contributed by atoms with Crippen LogP contribution in [-0.2, 0) is 0 Å². The Balaban J connectivity index is 1.30. The molecule has 2 heterocycles. The maximum Gasteiger partial charge on any atom is 0.274 e. The quantitative estimate of drug-likeness (QED) is 0.494. The molecule has 0 bridgehead atoms. The number of ether oxygens (including phenoxy) is 2.